The van der Waals surface area contributed by atoms with Crippen molar-refractivity contribution in [1.82, 2.24) is 0 Å². The van der Waals surface area contributed by atoms with E-state index in [1.54, 1.807) is 0 Å². The van der Waals surface area contributed by atoms with Crippen LogP contribution in [0, 0.1) is 0 Å². The highest BCUT2D eigenvalue weighted by Crippen LogP contribution is 2.50. The van der Waals surface area contributed by atoms with Crippen LogP contribution >= 0.6 is 0 Å². The van der Waals surface area contributed by atoms with Gasteiger partial charge in [-0.05, 0) is 44.3 Å². The number of para-hydroxylation sites is 1. The van der Waals surface area contributed by atoms with Crippen LogP contribution in [0.25, 0.3) is 54.6 Å². The Hall–Kier alpha value is -3.58. The van der Waals surface area contributed by atoms with Gasteiger partial charge in [0.1, 0.15) is 11.2 Å². The summed E-state index contributed by atoms with van der Waals surface area (Å²) in [6, 6.07) is 30.5. The molecule has 1 aliphatic rings. The summed E-state index contributed by atoms with van der Waals surface area (Å²) >= 11 is 0. The van der Waals surface area contributed by atoms with E-state index in [9.17, 15) is 0 Å². The van der Waals surface area contributed by atoms with E-state index in [1.165, 1.54) is 54.6 Å². The Kier molecular flexibility index (Phi) is 2.60. The zero-order valence-electron chi connectivity index (χ0n) is 15.2. The lowest BCUT2D eigenvalue weighted by atomic mass is 9.92. The predicted octanol–water partition coefficient (Wildman–Crippen LogP) is 7.46. The standard InChI is InChI=1S/C27H16O/c1-2-8-18-16(7-1)13-14-17-15-22-25(24(17)18)19-9-3-4-10-20(19)26-21-11-5-6-12-23(21)28-27(22)26/h1-14H,15H2. The Morgan fingerprint density at radius 3 is 2.18 bits per heavy atom. The van der Waals surface area contributed by atoms with Crippen molar-refractivity contribution in [3.8, 4) is 11.1 Å². The quantitative estimate of drug-likeness (QED) is 0.275. The first kappa shape index (κ1) is 14.5. The van der Waals surface area contributed by atoms with Crippen LogP contribution in [-0.2, 0) is 6.42 Å². The number of fused-ring (bicyclic) bond motifs is 12. The molecule has 28 heavy (non-hydrogen) atoms. The topological polar surface area (TPSA) is 13.1 Å². The van der Waals surface area contributed by atoms with Crippen LogP contribution in [0.4, 0.5) is 0 Å². The van der Waals surface area contributed by atoms with E-state index in [0.717, 1.165) is 17.6 Å². The summed E-state index contributed by atoms with van der Waals surface area (Å²) in [4.78, 5) is 0. The molecule has 0 unspecified atom stereocenters. The van der Waals surface area contributed by atoms with E-state index >= 15 is 0 Å². The lowest BCUT2D eigenvalue weighted by Gasteiger charge is -2.11. The van der Waals surface area contributed by atoms with Crippen molar-refractivity contribution in [2.45, 2.75) is 6.42 Å². The van der Waals surface area contributed by atoms with Crippen LogP contribution in [-0.4, -0.2) is 0 Å². The van der Waals surface area contributed by atoms with Crippen molar-refractivity contribution >= 4 is 43.5 Å². The molecule has 1 heteroatoms. The molecule has 0 N–H and O–H groups in total. The van der Waals surface area contributed by atoms with Gasteiger partial charge in [0.25, 0.3) is 0 Å². The Morgan fingerprint density at radius 1 is 0.571 bits per heavy atom. The van der Waals surface area contributed by atoms with Gasteiger partial charge in [0.2, 0.25) is 0 Å². The van der Waals surface area contributed by atoms with Crippen molar-refractivity contribution in [2.24, 2.45) is 0 Å². The molecule has 130 valence electrons. The molecule has 1 heterocycles. The number of benzene rings is 5. The zero-order chi connectivity index (χ0) is 18.2. The summed E-state index contributed by atoms with van der Waals surface area (Å²) in [6.07, 6.45) is 0.927. The average molecular weight is 356 g/mol. The first-order valence-corrected chi connectivity index (χ1v) is 9.76. The third-order valence-electron chi connectivity index (χ3n) is 6.27. The molecule has 0 aliphatic heterocycles. The van der Waals surface area contributed by atoms with Gasteiger partial charge in [-0.3, -0.25) is 0 Å². The van der Waals surface area contributed by atoms with Crippen LogP contribution in [0.15, 0.2) is 89.3 Å². The highest BCUT2D eigenvalue weighted by molar-refractivity contribution is 6.25. The molecule has 0 saturated heterocycles. The molecule has 7 rings (SSSR count). The van der Waals surface area contributed by atoms with E-state index < -0.39 is 0 Å². The normalized spacial score (nSPS) is 12.9. The second-order valence-electron chi connectivity index (χ2n) is 7.70. The Bertz CT molecular complexity index is 1580. The molecule has 0 amide bonds. The molecule has 0 saturated carbocycles. The maximum Gasteiger partial charge on any atom is 0.140 e. The molecule has 0 spiro atoms. The molecule has 6 aromatic rings. The van der Waals surface area contributed by atoms with Crippen LogP contribution in [0.1, 0.15) is 11.1 Å². The van der Waals surface area contributed by atoms with E-state index in [-0.39, 0.29) is 0 Å². The highest BCUT2D eigenvalue weighted by Gasteiger charge is 2.28. The molecular formula is C27H16O. The molecule has 1 nitrogen and oxygen atoms in total. The minimum absolute atomic E-state index is 0.927. The first-order valence-electron chi connectivity index (χ1n) is 9.76. The van der Waals surface area contributed by atoms with Gasteiger partial charge in [0, 0.05) is 22.8 Å². The number of hydrogen-bond donors (Lipinski definition) is 0. The van der Waals surface area contributed by atoms with Gasteiger partial charge in [-0.2, -0.15) is 0 Å². The fourth-order valence-corrected chi connectivity index (χ4v) is 5.12. The Balaban J connectivity index is 1.77. The summed E-state index contributed by atoms with van der Waals surface area (Å²) in [6.45, 7) is 0. The van der Waals surface area contributed by atoms with Gasteiger partial charge in [-0.15, -0.1) is 0 Å². The summed E-state index contributed by atoms with van der Waals surface area (Å²) in [5.41, 5.74) is 7.48. The first-order chi connectivity index (χ1) is 13.9. The van der Waals surface area contributed by atoms with E-state index in [1.807, 2.05) is 0 Å². The van der Waals surface area contributed by atoms with Crippen LogP contribution in [0.2, 0.25) is 0 Å². The summed E-state index contributed by atoms with van der Waals surface area (Å²) in [5, 5.41) is 7.69. The third kappa shape index (κ3) is 1.67. The molecule has 5 aromatic carbocycles. The minimum atomic E-state index is 0.927. The van der Waals surface area contributed by atoms with Gasteiger partial charge in [0.05, 0.1) is 0 Å². The van der Waals surface area contributed by atoms with E-state index in [4.69, 9.17) is 4.42 Å². The number of rotatable bonds is 0. The number of hydrogen-bond acceptors (Lipinski definition) is 1. The van der Waals surface area contributed by atoms with Crippen LogP contribution < -0.4 is 0 Å². The molecule has 1 aromatic heterocycles. The van der Waals surface area contributed by atoms with Crippen LogP contribution in [0.3, 0.4) is 0 Å². The van der Waals surface area contributed by atoms with Crippen molar-refractivity contribution in [3.05, 3.63) is 96.1 Å². The van der Waals surface area contributed by atoms with Gasteiger partial charge in [-0.25, -0.2) is 0 Å². The second kappa shape index (κ2) is 5.02. The zero-order valence-corrected chi connectivity index (χ0v) is 15.2. The van der Waals surface area contributed by atoms with Crippen molar-refractivity contribution in [3.63, 3.8) is 0 Å². The van der Waals surface area contributed by atoms with E-state index in [0.29, 0.717) is 0 Å². The second-order valence-corrected chi connectivity index (χ2v) is 7.70. The average Bonchev–Trinajstić information content (AvgIpc) is 3.33. The molecule has 0 atom stereocenters. The largest absolute Gasteiger partial charge is 0.456 e. The SMILES string of the molecule is c1ccc2c3c(ccc2c1)Cc1c-3c2ccccc2c2c1oc1ccccc12. The van der Waals surface area contributed by atoms with Crippen molar-refractivity contribution in [1.29, 1.82) is 0 Å². The maximum absolute atomic E-state index is 6.45. The summed E-state index contributed by atoms with van der Waals surface area (Å²) in [5.74, 6) is 0. The fraction of sp³-hybridized carbons (Fsp3) is 0.0370. The monoisotopic (exact) mass is 356 g/mol. The predicted molar refractivity (Wildman–Crippen MR) is 117 cm³/mol. The Labute approximate surface area is 161 Å². The maximum atomic E-state index is 6.45. The molecule has 0 radical (unpaired) electrons. The smallest absolute Gasteiger partial charge is 0.140 e. The molecular weight excluding hydrogens is 340 g/mol. The van der Waals surface area contributed by atoms with Gasteiger partial charge < -0.3 is 4.42 Å². The third-order valence-corrected chi connectivity index (χ3v) is 6.27. The van der Waals surface area contributed by atoms with Gasteiger partial charge in [0.15, 0.2) is 0 Å². The molecule has 0 bridgehead atoms. The van der Waals surface area contributed by atoms with Crippen LogP contribution in [0.5, 0.6) is 0 Å². The Morgan fingerprint density at radius 2 is 1.29 bits per heavy atom. The highest BCUT2D eigenvalue weighted by atomic mass is 16.3. The lowest BCUT2D eigenvalue weighted by molar-refractivity contribution is 0.665. The van der Waals surface area contributed by atoms with E-state index in [2.05, 4.69) is 84.9 Å². The summed E-state index contributed by atoms with van der Waals surface area (Å²) in [7, 11) is 0. The van der Waals surface area contributed by atoms with Gasteiger partial charge in [-0.1, -0.05) is 78.9 Å². The van der Waals surface area contributed by atoms with Crippen molar-refractivity contribution < 1.29 is 4.42 Å². The minimum Gasteiger partial charge on any atom is -0.456 e. The lowest BCUT2D eigenvalue weighted by Crippen LogP contribution is -1.86. The fourth-order valence-electron chi connectivity index (χ4n) is 5.12. The van der Waals surface area contributed by atoms with Gasteiger partial charge >= 0.3 is 0 Å². The number of furan rings is 1. The summed E-state index contributed by atoms with van der Waals surface area (Å²) < 4.78 is 6.45. The van der Waals surface area contributed by atoms with Crippen molar-refractivity contribution in [2.75, 3.05) is 0 Å². The molecule has 1 aliphatic carbocycles. The molecule has 0 fully saturated rings.